The van der Waals surface area contributed by atoms with Crippen LogP contribution < -0.4 is 5.32 Å². The topological polar surface area (TPSA) is 72.7 Å². The average molecular weight is 173 g/mol. The first kappa shape index (κ1) is 8.44. The van der Waals surface area contributed by atoms with Gasteiger partial charge >= 0.3 is 0 Å². The molecule has 2 bridgehead atoms. The van der Waals surface area contributed by atoms with E-state index in [0.717, 1.165) is 19.3 Å². The van der Waals surface area contributed by atoms with Crippen molar-refractivity contribution >= 4 is 0 Å². The van der Waals surface area contributed by atoms with Crippen LogP contribution in [0.3, 0.4) is 0 Å². The molecule has 2 fully saturated rings. The van der Waals surface area contributed by atoms with Gasteiger partial charge in [-0.1, -0.05) is 0 Å². The number of hydrogen-bond donors (Lipinski definition) is 4. The van der Waals surface area contributed by atoms with Crippen molar-refractivity contribution in [3.63, 3.8) is 0 Å². The van der Waals surface area contributed by atoms with Gasteiger partial charge in [0, 0.05) is 6.04 Å². The number of fused-ring (bicyclic) bond motifs is 2. The van der Waals surface area contributed by atoms with E-state index in [0.29, 0.717) is 0 Å². The Morgan fingerprint density at radius 1 is 1.42 bits per heavy atom. The molecule has 12 heavy (non-hydrogen) atoms. The third kappa shape index (κ3) is 0.925. The predicted molar refractivity (Wildman–Crippen MR) is 42.6 cm³/mol. The lowest BCUT2D eigenvalue weighted by Crippen LogP contribution is -2.54. The summed E-state index contributed by atoms with van der Waals surface area (Å²) in [5.74, 6) is 0. The Labute approximate surface area is 71.2 Å². The van der Waals surface area contributed by atoms with E-state index in [-0.39, 0.29) is 12.6 Å². The zero-order valence-electron chi connectivity index (χ0n) is 6.90. The van der Waals surface area contributed by atoms with E-state index in [1.807, 2.05) is 0 Å². The fraction of sp³-hybridized carbons (Fsp3) is 1.00. The van der Waals surface area contributed by atoms with Gasteiger partial charge in [0.1, 0.15) is 6.10 Å². The highest BCUT2D eigenvalue weighted by Crippen LogP contribution is 2.35. The number of nitrogens with one attached hydrogen (secondary N) is 1. The molecule has 2 rings (SSSR count). The van der Waals surface area contributed by atoms with Crippen LogP contribution in [-0.4, -0.2) is 45.7 Å². The van der Waals surface area contributed by atoms with Crippen molar-refractivity contribution in [1.82, 2.24) is 5.32 Å². The van der Waals surface area contributed by atoms with Crippen molar-refractivity contribution in [1.29, 1.82) is 0 Å². The van der Waals surface area contributed by atoms with E-state index >= 15 is 0 Å². The molecule has 0 saturated carbocycles. The maximum absolute atomic E-state index is 9.65. The minimum absolute atomic E-state index is 0.0269. The Bertz CT molecular complexity index is 187. The molecule has 70 valence electrons. The second kappa shape index (κ2) is 2.67. The monoisotopic (exact) mass is 173 g/mol. The molecule has 4 atom stereocenters. The molecule has 4 nitrogen and oxygen atoms in total. The molecule has 2 aliphatic rings. The Hall–Kier alpha value is -0.160. The molecule has 0 unspecified atom stereocenters. The lowest BCUT2D eigenvalue weighted by molar-refractivity contribution is -0.0106. The first-order valence-electron chi connectivity index (χ1n) is 4.44. The van der Waals surface area contributed by atoms with Gasteiger partial charge in [-0.05, 0) is 19.3 Å². The van der Waals surface area contributed by atoms with Gasteiger partial charge in [0.05, 0.1) is 18.2 Å². The largest absolute Gasteiger partial charge is 0.394 e. The Kier molecular flexibility index (Phi) is 1.88. The minimum atomic E-state index is -0.810. The third-order valence-electron chi connectivity index (χ3n) is 3.19. The van der Waals surface area contributed by atoms with Gasteiger partial charge in [-0.15, -0.1) is 0 Å². The number of hydrogen-bond acceptors (Lipinski definition) is 4. The van der Waals surface area contributed by atoms with Gasteiger partial charge in [0.2, 0.25) is 0 Å². The van der Waals surface area contributed by atoms with Crippen molar-refractivity contribution < 1.29 is 15.3 Å². The van der Waals surface area contributed by atoms with Gasteiger partial charge in [0.15, 0.2) is 0 Å². The summed E-state index contributed by atoms with van der Waals surface area (Å²) in [7, 11) is 0. The number of aliphatic hydroxyl groups excluding tert-OH is 3. The van der Waals surface area contributed by atoms with Crippen LogP contribution in [0.1, 0.15) is 19.3 Å². The third-order valence-corrected chi connectivity index (χ3v) is 3.19. The number of rotatable bonds is 1. The Balaban J connectivity index is 2.24. The molecule has 2 aliphatic heterocycles. The van der Waals surface area contributed by atoms with Crippen molar-refractivity contribution in [3.05, 3.63) is 0 Å². The summed E-state index contributed by atoms with van der Waals surface area (Å²) in [6.07, 6.45) is 1.08. The second-order valence-corrected chi connectivity index (χ2v) is 3.89. The molecule has 2 saturated heterocycles. The van der Waals surface area contributed by atoms with E-state index in [4.69, 9.17) is 5.11 Å². The highest BCUT2D eigenvalue weighted by Gasteiger charge is 2.53. The molecule has 0 amide bonds. The molecule has 4 heteroatoms. The second-order valence-electron chi connectivity index (χ2n) is 3.89. The molecule has 0 aromatic rings. The van der Waals surface area contributed by atoms with Crippen LogP contribution in [0.15, 0.2) is 0 Å². The summed E-state index contributed by atoms with van der Waals surface area (Å²) < 4.78 is 0. The molecule has 2 heterocycles. The Morgan fingerprint density at radius 2 is 2.17 bits per heavy atom. The van der Waals surface area contributed by atoms with Crippen molar-refractivity contribution in [2.75, 3.05) is 6.61 Å². The summed E-state index contributed by atoms with van der Waals surface area (Å²) in [6.45, 7) is -0.0955. The van der Waals surface area contributed by atoms with Crippen molar-refractivity contribution in [2.24, 2.45) is 0 Å². The zero-order chi connectivity index (χ0) is 8.77. The average Bonchev–Trinajstić information content (AvgIpc) is 2.29. The highest BCUT2D eigenvalue weighted by atomic mass is 16.3. The van der Waals surface area contributed by atoms with Crippen LogP contribution in [0, 0.1) is 0 Å². The first-order chi connectivity index (χ1) is 5.69. The smallest absolute Gasteiger partial charge is 0.102 e. The molecule has 0 aromatic carbocycles. The van der Waals surface area contributed by atoms with Crippen LogP contribution in [0.5, 0.6) is 0 Å². The maximum atomic E-state index is 9.65. The quantitative estimate of drug-likeness (QED) is 0.393. The van der Waals surface area contributed by atoms with Crippen molar-refractivity contribution in [3.8, 4) is 0 Å². The lowest BCUT2D eigenvalue weighted by Gasteiger charge is -2.34. The standard InChI is InChI=1S/C8H15NO3/c10-4-8-3-1-2-5(9-8)6(11)7(8)12/h5-7,9-12H,1-4H2/t5-,6-,7+,8-/m0/s1. The van der Waals surface area contributed by atoms with E-state index in [1.165, 1.54) is 0 Å². The van der Waals surface area contributed by atoms with E-state index in [2.05, 4.69) is 5.32 Å². The van der Waals surface area contributed by atoms with Crippen molar-refractivity contribution in [2.45, 2.75) is 43.1 Å². The maximum Gasteiger partial charge on any atom is 0.102 e. The van der Waals surface area contributed by atoms with E-state index in [9.17, 15) is 10.2 Å². The van der Waals surface area contributed by atoms with Crippen LogP contribution in [0.25, 0.3) is 0 Å². The molecule has 0 radical (unpaired) electrons. The molecular formula is C8H15NO3. The normalized spacial score (nSPS) is 52.8. The van der Waals surface area contributed by atoms with Crippen LogP contribution in [0.4, 0.5) is 0 Å². The molecule has 0 spiro atoms. The molecule has 0 aliphatic carbocycles. The predicted octanol–water partition coefficient (Wildman–Crippen LogP) is -1.41. The van der Waals surface area contributed by atoms with Gasteiger partial charge in [-0.2, -0.15) is 0 Å². The fourth-order valence-corrected chi connectivity index (χ4v) is 2.41. The summed E-state index contributed by atoms with van der Waals surface area (Å²) in [5, 5.41) is 31.4. The lowest BCUT2D eigenvalue weighted by atomic mass is 9.89. The van der Waals surface area contributed by atoms with Crippen LogP contribution >= 0.6 is 0 Å². The van der Waals surface area contributed by atoms with Gasteiger partial charge in [-0.3, -0.25) is 0 Å². The molecular weight excluding hydrogens is 158 g/mol. The minimum Gasteiger partial charge on any atom is -0.394 e. The Morgan fingerprint density at radius 3 is 2.75 bits per heavy atom. The van der Waals surface area contributed by atoms with E-state index < -0.39 is 17.7 Å². The van der Waals surface area contributed by atoms with Gasteiger partial charge in [0.25, 0.3) is 0 Å². The zero-order valence-corrected chi connectivity index (χ0v) is 6.90. The first-order valence-corrected chi connectivity index (χ1v) is 4.44. The van der Waals surface area contributed by atoms with Gasteiger partial charge < -0.3 is 20.6 Å². The summed E-state index contributed by atoms with van der Waals surface area (Å²) in [5.41, 5.74) is -0.623. The van der Waals surface area contributed by atoms with Crippen LogP contribution in [0.2, 0.25) is 0 Å². The number of aliphatic hydroxyl groups is 3. The summed E-state index contributed by atoms with van der Waals surface area (Å²) in [6, 6.07) is -0.0269. The van der Waals surface area contributed by atoms with Gasteiger partial charge in [-0.25, -0.2) is 0 Å². The fourth-order valence-electron chi connectivity index (χ4n) is 2.41. The number of piperidine rings is 1. The summed E-state index contributed by atoms with van der Waals surface area (Å²) >= 11 is 0. The van der Waals surface area contributed by atoms with E-state index in [1.54, 1.807) is 0 Å². The SMILES string of the molecule is OC[C@]12CCC[C@H](N1)[C@H](O)[C@H]2O. The molecule has 0 aromatic heterocycles. The molecule has 4 N–H and O–H groups in total. The van der Waals surface area contributed by atoms with Crippen LogP contribution in [-0.2, 0) is 0 Å². The summed E-state index contributed by atoms with van der Waals surface area (Å²) in [4.78, 5) is 0. The highest BCUT2D eigenvalue weighted by molar-refractivity contribution is 5.11.